The van der Waals surface area contributed by atoms with Crippen LogP contribution >= 0.6 is 0 Å². The molecule has 1 fully saturated rings. The summed E-state index contributed by atoms with van der Waals surface area (Å²) in [6, 6.07) is 0. The molecule has 3 heteroatoms. The minimum absolute atomic E-state index is 0.213. The first-order chi connectivity index (χ1) is 6.76. The van der Waals surface area contributed by atoms with Crippen molar-refractivity contribution < 1.29 is 14.6 Å². The first kappa shape index (κ1) is 9.71. The second kappa shape index (κ2) is 3.73. The maximum atomic E-state index is 11.4. The minimum atomic E-state index is -0.641. The van der Waals surface area contributed by atoms with Crippen molar-refractivity contribution in [2.75, 3.05) is 13.2 Å². The number of rotatable bonds is 2. The van der Waals surface area contributed by atoms with Crippen molar-refractivity contribution in [2.24, 2.45) is 11.3 Å². The Morgan fingerprint density at radius 3 is 2.86 bits per heavy atom. The van der Waals surface area contributed by atoms with Gasteiger partial charge in [-0.2, -0.15) is 0 Å². The Morgan fingerprint density at radius 1 is 1.50 bits per heavy atom. The van der Waals surface area contributed by atoms with Crippen LogP contribution < -0.4 is 0 Å². The lowest BCUT2D eigenvalue weighted by molar-refractivity contribution is -0.153. The van der Waals surface area contributed by atoms with Gasteiger partial charge in [0.1, 0.15) is 0 Å². The second-order valence-electron chi connectivity index (χ2n) is 4.24. The number of carbonyl (C=O) groups is 1. The van der Waals surface area contributed by atoms with Crippen molar-refractivity contribution >= 4 is 5.97 Å². The zero-order valence-corrected chi connectivity index (χ0v) is 8.24. The van der Waals surface area contributed by atoms with Gasteiger partial charge < -0.3 is 9.84 Å². The van der Waals surface area contributed by atoms with E-state index in [-0.39, 0.29) is 5.92 Å². The molecule has 78 valence electrons. The fourth-order valence-corrected chi connectivity index (χ4v) is 2.56. The molecule has 0 spiro atoms. The molecule has 3 nitrogen and oxygen atoms in total. The maximum Gasteiger partial charge on any atom is 0.310 e. The highest BCUT2D eigenvalue weighted by atomic mass is 16.5. The molecule has 0 aromatic carbocycles. The Morgan fingerprint density at radius 2 is 2.36 bits per heavy atom. The summed E-state index contributed by atoms with van der Waals surface area (Å²) in [7, 11) is 0. The van der Waals surface area contributed by atoms with Gasteiger partial charge in [0.2, 0.25) is 0 Å². The molecule has 1 heterocycles. The van der Waals surface area contributed by atoms with Gasteiger partial charge >= 0.3 is 5.97 Å². The minimum Gasteiger partial charge on any atom is -0.481 e. The van der Waals surface area contributed by atoms with Crippen LogP contribution in [0, 0.1) is 11.3 Å². The van der Waals surface area contributed by atoms with E-state index in [1.165, 1.54) is 0 Å². The van der Waals surface area contributed by atoms with E-state index in [1.807, 2.05) is 6.08 Å². The molecule has 14 heavy (non-hydrogen) atoms. The molecule has 1 aliphatic carbocycles. The number of carboxylic acids is 1. The van der Waals surface area contributed by atoms with Crippen LogP contribution in [0.1, 0.15) is 25.7 Å². The third kappa shape index (κ3) is 1.46. The molecule has 2 aliphatic rings. The number of hydrogen-bond acceptors (Lipinski definition) is 2. The lowest BCUT2D eigenvalue weighted by Gasteiger charge is -2.35. The summed E-state index contributed by atoms with van der Waals surface area (Å²) in [6.45, 7) is 1.35. The summed E-state index contributed by atoms with van der Waals surface area (Å²) in [5.41, 5.74) is -0.536. The molecule has 2 rings (SSSR count). The fraction of sp³-hybridized carbons (Fsp3) is 0.727. The predicted molar refractivity (Wildman–Crippen MR) is 52.0 cm³/mol. The summed E-state index contributed by atoms with van der Waals surface area (Å²) in [5.74, 6) is -0.428. The smallest absolute Gasteiger partial charge is 0.310 e. The molecule has 0 radical (unpaired) electrons. The van der Waals surface area contributed by atoms with Gasteiger partial charge in [0.25, 0.3) is 0 Å². The molecule has 0 amide bonds. The molecule has 1 saturated heterocycles. The topological polar surface area (TPSA) is 46.5 Å². The van der Waals surface area contributed by atoms with Gasteiger partial charge in [0.15, 0.2) is 0 Å². The van der Waals surface area contributed by atoms with Crippen LogP contribution in [0.4, 0.5) is 0 Å². The number of ether oxygens (including phenoxy) is 1. The van der Waals surface area contributed by atoms with Crippen molar-refractivity contribution in [3.05, 3.63) is 12.2 Å². The highest BCUT2D eigenvalue weighted by Gasteiger charge is 2.46. The molecule has 1 aliphatic heterocycles. The van der Waals surface area contributed by atoms with Gasteiger partial charge in [0.05, 0.1) is 12.0 Å². The van der Waals surface area contributed by atoms with Crippen molar-refractivity contribution in [2.45, 2.75) is 25.7 Å². The van der Waals surface area contributed by atoms with E-state index >= 15 is 0 Å². The van der Waals surface area contributed by atoms with E-state index in [9.17, 15) is 9.90 Å². The van der Waals surface area contributed by atoms with Crippen LogP contribution in [0.15, 0.2) is 12.2 Å². The standard InChI is InChI=1S/C11H16O3/c12-10(13)11(5-2-1-3-6-11)9-4-7-14-8-9/h1-2,9H,3-8H2,(H,12,13). The van der Waals surface area contributed by atoms with Crippen LogP contribution in [0.3, 0.4) is 0 Å². The summed E-state index contributed by atoms with van der Waals surface area (Å²) in [4.78, 5) is 11.4. The largest absolute Gasteiger partial charge is 0.481 e. The molecule has 1 N–H and O–H groups in total. The van der Waals surface area contributed by atoms with E-state index in [0.29, 0.717) is 13.0 Å². The monoisotopic (exact) mass is 196 g/mol. The van der Waals surface area contributed by atoms with Crippen LogP contribution in [0.25, 0.3) is 0 Å². The van der Waals surface area contributed by atoms with Crippen molar-refractivity contribution in [3.63, 3.8) is 0 Å². The average molecular weight is 196 g/mol. The first-order valence-corrected chi connectivity index (χ1v) is 5.22. The quantitative estimate of drug-likeness (QED) is 0.685. The normalized spacial score (nSPS) is 37.3. The number of allylic oxidation sites excluding steroid dienone is 2. The van der Waals surface area contributed by atoms with E-state index in [1.54, 1.807) is 0 Å². The van der Waals surface area contributed by atoms with Crippen LogP contribution in [0.5, 0.6) is 0 Å². The first-order valence-electron chi connectivity index (χ1n) is 5.22. The lowest BCUT2D eigenvalue weighted by Crippen LogP contribution is -2.39. The maximum absolute atomic E-state index is 11.4. The molecule has 0 saturated carbocycles. The van der Waals surface area contributed by atoms with Gasteiger partial charge in [-0.1, -0.05) is 12.2 Å². The van der Waals surface area contributed by atoms with E-state index in [0.717, 1.165) is 25.9 Å². The highest BCUT2D eigenvalue weighted by Crippen LogP contribution is 2.43. The highest BCUT2D eigenvalue weighted by molar-refractivity contribution is 5.75. The SMILES string of the molecule is O=C(O)C1(C2CCOC2)CC=CCC1. The van der Waals surface area contributed by atoms with E-state index in [4.69, 9.17) is 4.74 Å². The Labute approximate surface area is 83.8 Å². The van der Waals surface area contributed by atoms with Gasteiger partial charge in [-0.25, -0.2) is 0 Å². The summed E-state index contributed by atoms with van der Waals surface area (Å²) < 4.78 is 5.30. The summed E-state index contributed by atoms with van der Waals surface area (Å²) >= 11 is 0. The van der Waals surface area contributed by atoms with Crippen molar-refractivity contribution in [1.82, 2.24) is 0 Å². The lowest BCUT2D eigenvalue weighted by atomic mass is 9.67. The molecule has 0 aromatic rings. The molecular weight excluding hydrogens is 180 g/mol. The summed E-state index contributed by atoms with van der Waals surface area (Å²) in [6.07, 6.45) is 7.33. The second-order valence-corrected chi connectivity index (χ2v) is 4.24. The zero-order chi connectivity index (χ0) is 10.0. The average Bonchev–Trinajstić information content (AvgIpc) is 2.72. The zero-order valence-electron chi connectivity index (χ0n) is 8.24. The number of aliphatic carboxylic acids is 1. The Hall–Kier alpha value is -0.830. The molecule has 2 atom stereocenters. The van der Waals surface area contributed by atoms with Gasteiger partial charge in [0, 0.05) is 12.5 Å². The van der Waals surface area contributed by atoms with Gasteiger partial charge in [-0.05, 0) is 25.7 Å². The number of carboxylic acid groups (broad SMARTS) is 1. The Balaban J connectivity index is 2.20. The fourth-order valence-electron chi connectivity index (χ4n) is 2.56. The van der Waals surface area contributed by atoms with E-state index < -0.39 is 11.4 Å². The van der Waals surface area contributed by atoms with Gasteiger partial charge in [-0.15, -0.1) is 0 Å². The van der Waals surface area contributed by atoms with Crippen LogP contribution in [-0.2, 0) is 9.53 Å². The molecule has 0 bridgehead atoms. The Kier molecular flexibility index (Phi) is 2.59. The third-order valence-corrected chi connectivity index (χ3v) is 3.54. The summed E-state index contributed by atoms with van der Waals surface area (Å²) in [5, 5.41) is 9.36. The molecule has 0 aromatic heterocycles. The van der Waals surface area contributed by atoms with E-state index in [2.05, 4.69) is 6.08 Å². The molecular formula is C11H16O3. The van der Waals surface area contributed by atoms with Crippen molar-refractivity contribution in [1.29, 1.82) is 0 Å². The predicted octanol–water partition coefficient (Wildman–Crippen LogP) is 1.83. The van der Waals surface area contributed by atoms with Gasteiger partial charge in [-0.3, -0.25) is 4.79 Å². The van der Waals surface area contributed by atoms with Crippen LogP contribution in [-0.4, -0.2) is 24.3 Å². The third-order valence-electron chi connectivity index (χ3n) is 3.54. The Bertz CT molecular complexity index is 253. The van der Waals surface area contributed by atoms with Crippen molar-refractivity contribution in [3.8, 4) is 0 Å². The molecule has 2 unspecified atom stereocenters. The number of hydrogen-bond donors (Lipinski definition) is 1. The van der Waals surface area contributed by atoms with Crippen LogP contribution in [0.2, 0.25) is 0 Å².